The molecule has 3 aromatic rings. The van der Waals surface area contributed by atoms with Gasteiger partial charge < -0.3 is 14.5 Å². The van der Waals surface area contributed by atoms with Gasteiger partial charge in [-0.05, 0) is 23.3 Å². The van der Waals surface area contributed by atoms with Crippen molar-refractivity contribution in [3.05, 3.63) is 77.4 Å². The summed E-state index contributed by atoms with van der Waals surface area (Å²) < 4.78 is 47.9. The maximum Gasteiger partial charge on any atom is 0.402 e. The van der Waals surface area contributed by atoms with Crippen LogP contribution in [0.25, 0.3) is 0 Å². The Balaban J connectivity index is 1.13. The Kier molecular flexibility index (Phi) is 8.02. The topological polar surface area (TPSA) is 140 Å². The zero-order valence-electron chi connectivity index (χ0n) is 23.4. The maximum absolute atomic E-state index is 14.0. The van der Waals surface area contributed by atoms with Crippen molar-refractivity contribution in [2.45, 2.75) is 24.8 Å². The summed E-state index contributed by atoms with van der Waals surface area (Å²) in [5.74, 6) is -2.88. The van der Waals surface area contributed by atoms with E-state index in [1.807, 2.05) is 29.2 Å². The lowest BCUT2D eigenvalue weighted by Gasteiger charge is -2.40. The number of carbonyl (C=O) groups excluding carboxylic acids is 2. The average Bonchev–Trinajstić information content (AvgIpc) is 3.41. The lowest BCUT2D eigenvalue weighted by Crippen LogP contribution is -2.64. The second kappa shape index (κ2) is 12.1. The molecular weight excluding hydrogens is 579 g/mol. The Bertz CT molecular complexity index is 1570. The molecular formula is C29H28F3N9O3. The van der Waals surface area contributed by atoms with Gasteiger partial charge >= 0.3 is 6.18 Å². The van der Waals surface area contributed by atoms with Gasteiger partial charge in [0.25, 0.3) is 5.91 Å². The van der Waals surface area contributed by atoms with Crippen molar-refractivity contribution in [2.75, 3.05) is 44.2 Å². The Morgan fingerprint density at radius 1 is 1.09 bits per heavy atom. The number of nitrogens with zero attached hydrogens (tertiary/aromatic N) is 7. The molecule has 2 saturated heterocycles. The number of fused-ring (bicyclic) bond motifs is 1. The van der Waals surface area contributed by atoms with Gasteiger partial charge in [0.2, 0.25) is 11.8 Å². The fraction of sp³-hybridized carbons (Fsp3) is 0.379. The highest BCUT2D eigenvalue weighted by atomic mass is 19.4. The van der Waals surface area contributed by atoms with Crippen molar-refractivity contribution < 1.29 is 27.5 Å². The van der Waals surface area contributed by atoms with Crippen LogP contribution < -0.4 is 20.5 Å². The van der Waals surface area contributed by atoms with Crippen LogP contribution in [0.2, 0.25) is 0 Å². The molecule has 2 amide bonds. The van der Waals surface area contributed by atoms with E-state index in [2.05, 4.69) is 25.8 Å². The van der Waals surface area contributed by atoms with Crippen LogP contribution in [0, 0.1) is 17.2 Å². The highest BCUT2D eigenvalue weighted by Gasteiger charge is 2.55. The van der Waals surface area contributed by atoms with Crippen molar-refractivity contribution in [1.29, 1.82) is 5.26 Å². The molecule has 1 aromatic carbocycles. The summed E-state index contributed by atoms with van der Waals surface area (Å²) in [6.07, 6.45) is -0.526. The number of nitrogens with one attached hydrogen (secondary N) is 2. The van der Waals surface area contributed by atoms with E-state index in [4.69, 9.17) is 10.00 Å². The van der Waals surface area contributed by atoms with E-state index >= 15 is 0 Å². The molecule has 44 heavy (non-hydrogen) atoms. The van der Waals surface area contributed by atoms with Gasteiger partial charge in [-0.1, -0.05) is 24.3 Å². The smallest absolute Gasteiger partial charge is 0.402 e. The lowest BCUT2D eigenvalue weighted by molar-refractivity contribution is -0.202. The third kappa shape index (κ3) is 5.86. The van der Waals surface area contributed by atoms with Crippen LogP contribution in [0.15, 0.2) is 55.0 Å². The molecule has 3 aliphatic heterocycles. The molecule has 5 heterocycles. The first kappa shape index (κ1) is 29.3. The maximum atomic E-state index is 14.0. The second-order valence-corrected chi connectivity index (χ2v) is 10.7. The fourth-order valence-corrected chi connectivity index (χ4v) is 5.94. The van der Waals surface area contributed by atoms with Crippen molar-refractivity contribution in [3.63, 3.8) is 0 Å². The number of amides is 2. The number of halogens is 3. The zero-order chi connectivity index (χ0) is 30.8. The first-order chi connectivity index (χ1) is 21.2. The molecule has 15 heteroatoms. The Labute approximate surface area is 250 Å². The van der Waals surface area contributed by atoms with Gasteiger partial charge in [0.1, 0.15) is 18.5 Å². The van der Waals surface area contributed by atoms with E-state index < -0.39 is 30.1 Å². The number of nitriles is 1. The number of benzene rings is 1. The number of hydrazine groups is 1. The van der Waals surface area contributed by atoms with E-state index in [-0.39, 0.29) is 37.2 Å². The number of aromatic nitrogens is 3. The van der Waals surface area contributed by atoms with Gasteiger partial charge in [0, 0.05) is 51.5 Å². The van der Waals surface area contributed by atoms with Crippen molar-refractivity contribution in [1.82, 2.24) is 35.6 Å². The standard InChI is InChI=1S/C29H28F3N9O3/c30-29(31,32)26-22(14-36-38-27(26)42)41-16-19-3-1-2-4-20(19)23(41)17-44-25-15-34-13-21(37-25)28(43)40-9-7-39(8-10-40)24-6-5-18(11-33)12-35-24/h1-6,12-13,15,22-23,26,36H,7-10,14,16-17H2,(H,38,42)/t22?,23-,26?/m1/s1. The molecule has 2 unspecified atom stereocenters. The number of hydrogen-bond acceptors (Lipinski definition) is 10. The summed E-state index contributed by atoms with van der Waals surface area (Å²) in [7, 11) is 0. The van der Waals surface area contributed by atoms with Crippen LogP contribution in [0.4, 0.5) is 19.0 Å². The molecule has 6 rings (SSSR count). The first-order valence-electron chi connectivity index (χ1n) is 14.0. The number of anilines is 1. The molecule has 12 nitrogen and oxygen atoms in total. The number of carbonyl (C=O) groups is 2. The van der Waals surface area contributed by atoms with E-state index in [1.54, 1.807) is 28.0 Å². The summed E-state index contributed by atoms with van der Waals surface area (Å²) in [5, 5.41) is 8.98. The summed E-state index contributed by atoms with van der Waals surface area (Å²) >= 11 is 0. The molecule has 0 aliphatic carbocycles. The average molecular weight is 608 g/mol. The highest BCUT2D eigenvalue weighted by molar-refractivity contribution is 5.92. The molecule has 3 aliphatic rings. The molecule has 0 radical (unpaired) electrons. The fourth-order valence-electron chi connectivity index (χ4n) is 5.94. The van der Waals surface area contributed by atoms with Gasteiger partial charge in [-0.25, -0.2) is 15.4 Å². The molecule has 3 atom stereocenters. The van der Waals surface area contributed by atoms with E-state index in [0.717, 1.165) is 16.9 Å². The zero-order valence-corrected chi connectivity index (χ0v) is 23.4. The SMILES string of the molecule is N#Cc1ccc(N2CCN(C(=O)c3cncc(OC[C@@H]4c5ccccc5CN4C4CNNC(=O)C4C(F)(F)F)n3)CC2)nc1. The molecule has 2 N–H and O–H groups in total. The largest absolute Gasteiger partial charge is 0.475 e. The summed E-state index contributed by atoms with van der Waals surface area (Å²) in [4.78, 5) is 43.7. The minimum absolute atomic E-state index is 0.0625. The van der Waals surface area contributed by atoms with Crippen LogP contribution in [0.3, 0.4) is 0 Å². The molecule has 2 fully saturated rings. The monoisotopic (exact) mass is 607 g/mol. The molecule has 0 bridgehead atoms. The van der Waals surface area contributed by atoms with Crippen molar-refractivity contribution in [2.24, 2.45) is 5.92 Å². The Morgan fingerprint density at radius 3 is 2.61 bits per heavy atom. The number of hydrogen-bond donors (Lipinski definition) is 2. The van der Waals surface area contributed by atoms with Gasteiger partial charge in [-0.15, -0.1) is 0 Å². The third-order valence-electron chi connectivity index (χ3n) is 8.12. The predicted molar refractivity (Wildman–Crippen MR) is 149 cm³/mol. The summed E-state index contributed by atoms with van der Waals surface area (Å²) in [5.41, 5.74) is 6.89. The number of rotatable bonds is 6. The van der Waals surface area contributed by atoms with Gasteiger partial charge in [-0.2, -0.15) is 18.4 Å². The lowest BCUT2D eigenvalue weighted by atomic mass is 9.94. The van der Waals surface area contributed by atoms with E-state index in [0.29, 0.717) is 31.7 Å². The van der Waals surface area contributed by atoms with Crippen LogP contribution in [-0.4, -0.2) is 88.1 Å². The summed E-state index contributed by atoms with van der Waals surface area (Å²) in [6.45, 7) is 1.97. The molecule has 2 aromatic heterocycles. The molecule has 228 valence electrons. The number of alkyl halides is 3. The number of pyridine rings is 1. The highest BCUT2D eigenvalue weighted by Crippen LogP contribution is 2.41. The summed E-state index contributed by atoms with van der Waals surface area (Å²) in [6, 6.07) is 11.0. The van der Waals surface area contributed by atoms with E-state index in [1.165, 1.54) is 18.6 Å². The van der Waals surface area contributed by atoms with E-state index in [9.17, 15) is 22.8 Å². The molecule has 0 spiro atoms. The number of ether oxygens (including phenoxy) is 1. The quantitative estimate of drug-likeness (QED) is 0.427. The van der Waals surface area contributed by atoms with Crippen LogP contribution >= 0.6 is 0 Å². The first-order valence-corrected chi connectivity index (χ1v) is 14.0. The van der Waals surface area contributed by atoms with Crippen LogP contribution in [0.1, 0.15) is 33.2 Å². The van der Waals surface area contributed by atoms with Gasteiger partial charge in [0.05, 0.1) is 24.0 Å². The van der Waals surface area contributed by atoms with Crippen molar-refractivity contribution in [3.8, 4) is 11.9 Å². The molecule has 0 saturated carbocycles. The van der Waals surface area contributed by atoms with Gasteiger partial charge in [0.15, 0.2) is 11.6 Å². The normalized spacial score (nSPS) is 22.2. The minimum atomic E-state index is -4.73. The number of piperazine rings is 1. The predicted octanol–water partition coefficient (Wildman–Crippen LogP) is 1.82. The Morgan fingerprint density at radius 2 is 1.89 bits per heavy atom. The van der Waals surface area contributed by atoms with Gasteiger partial charge in [-0.3, -0.25) is 24.9 Å². The minimum Gasteiger partial charge on any atom is -0.475 e. The Hall–Kier alpha value is -4.81. The second-order valence-electron chi connectivity index (χ2n) is 10.7. The van der Waals surface area contributed by atoms with Crippen LogP contribution in [0.5, 0.6) is 5.88 Å². The van der Waals surface area contributed by atoms with Crippen LogP contribution in [-0.2, 0) is 11.3 Å². The van der Waals surface area contributed by atoms with Crippen molar-refractivity contribution >= 4 is 17.6 Å². The third-order valence-corrected chi connectivity index (χ3v) is 8.12.